The van der Waals surface area contributed by atoms with Crippen LogP contribution >= 0.6 is 0 Å². The van der Waals surface area contributed by atoms with Gasteiger partial charge in [0.05, 0.1) is 0 Å². The predicted octanol–water partition coefficient (Wildman–Crippen LogP) is 1.75. The summed E-state index contributed by atoms with van der Waals surface area (Å²) in [5, 5.41) is 0. The maximum absolute atomic E-state index is 3.60. The molecule has 0 aromatic heterocycles. The summed E-state index contributed by atoms with van der Waals surface area (Å²) in [7, 11) is 0. The first-order valence-electron chi connectivity index (χ1n) is 2.70. The van der Waals surface area contributed by atoms with Crippen molar-refractivity contribution in [1.29, 1.82) is 0 Å². The van der Waals surface area contributed by atoms with Gasteiger partial charge in [-0.15, -0.1) is 0 Å². The van der Waals surface area contributed by atoms with E-state index < -0.39 is 0 Å². The molecule has 0 N–H and O–H groups in total. The van der Waals surface area contributed by atoms with Gasteiger partial charge >= 0.3 is 60.0 Å². The van der Waals surface area contributed by atoms with Crippen molar-refractivity contribution in [2.24, 2.45) is 5.92 Å². The molecule has 0 rings (SSSR count). The van der Waals surface area contributed by atoms with Crippen molar-refractivity contribution in [1.82, 2.24) is 0 Å². The summed E-state index contributed by atoms with van der Waals surface area (Å²) in [6.07, 6.45) is 3.83. The van der Waals surface area contributed by atoms with Crippen LogP contribution < -0.4 is 0 Å². The van der Waals surface area contributed by atoms with Crippen molar-refractivity contribution in [3.05, 3.63) is 19.1 Å². The molecule has 0 aliphatic carbocycles. The van der Waals surface area contributed by atoms with Crippen molar-refractivity contribution in [2.75, 3.05) is 0 Å². The van der Waals surface area contributed by atoms with Gasteiger partial charge in [0.25, 0.3) is 0 Å². The second-order valence-electron chi connectivity index (χ2n) is 1.98. The van der Waals surface area contributed by atoms with Gasteiger partial charge in [-0.1, -0.05) is 0 Å². The second kappa shape index (κ2) is 6.76. The Labute approximate surface area is 78.5 Å². The van der Waals surface area contributed by atoms with E-state index in [0.29, 0.717) is 5.92 Å². The molecule has 0 nitrogen and oxygen atoms in total. The minimum absolute atomic E-state index is 0. The zero-order valence-electron chi connectivity index (χ0n) is 5.83. The fourth-order valence-electron chi connectivity index (χ4n) is 0.313. The number of allylic oxidation sites excluding steroid dienone is 2. The molecule has 0 saturated heterocycles. The van der Waals surface area contributed by atoms with Gasteiger partial charge in [-0.05, 0) is 0 Å². The number of hydrogen-bond acceptors (Lipinski definition) is 0. The summed E-state index contributed by atoms with van der Waals surface area (Å²) in [5.74, 6) is 0.632. The van der Waals surface area contributed by atoms with Crippen molar-refractivity contribution in [3.8, 4) is 0 Å². The second-order valence-corrected chi connectivity index (χ2v) is 2.79. The Balaban J connectivity index is 0. The normalized spacial score (nSPS) is 9.56. The van der Waals surface area contributed by atoms with Crippen LogP contribution in [-0.4, -0.2) is 4.23 Å². The molecule has 0 heterocycles. The molecule has 0 fully saturated rings. The summed E-state index contributed by atoms with van der Waals surface area (Å²) < 4.78 is 1.33. The Morgan fingerprint density at radius 1 is 1.56 bits per heavy atom. The Morgan fingerprint density at radius 3 is 2.11 bits per heavy atom. The molecule has 2 heteroatoms. The average Bonchev–Trinajstić information content (AvgIpc) is 1.67. The molecule has 1 radical (unpaired) electrons. The molecule has 50 valence electrons. The van der Waals surface area contributed by atoms with Gasteiger partial charge in [-0.2, -0.15) is 0 Å². The van der Waals surface area contributed by atoms with E-state index in [4.69, 9.17) is 0 Å². The van der Waals surface area contributed by atoms with Crippen LogP contribution in [0, 0.1) is 12.8 Å². The van der Waals surface area contributed by atoms with Gasteiger partial charge in [0.1, 0.15) is 0 Å². The quantitative estimate of drug-likeness (QED) is 0.591. The molecule has 0 atom stereocenters. The van der Waals surface area contributed by atoms with Crippen molar-refractivity contribution in [3.63, 3.8) is 0 Å². The third-order valence-corrected chi connectivity index (χ3v) is 1.92. The van der Waals surface area contributed by atoms with Gasteiger partial charge in [0.2, 0.25) is 0 Å². The molecule has 0 saturated carbocycles. The first-order chi connectivity index (χ1) is 3.68. The molecule has 0 aliphatic rings. The van der Waals surface area contributed by atoms with E-state index in [-0.39, 0.29) is 18.6 Å². The van der Waals surface area contributed by atoms with Crippen molar-refractivity contribution < 1.29 is 35.5 Å². The average molecular weight is 197 g/mol. The van der Waals surface area contributed by atoms with E-state index in [0.717, 1.165) is 0 Å². The van der Waals surface area contributed by atoms with Gasteiger partial charge in [-0.3, -0.25) is 0 Å². The summed E-state index contributed by atoms with van der Waals surface area (Å²) >= 11 is 2.54. The molecule has 0 aromatic carbocycles. The van der Waals surface area contributed by atoms with Crippen LogP contribution in [0.4, 0.5) is 0 Å². The van der Waals surface area contributed by atoms with Crippen LogP contribution in [-0.2, 0) is 35.5 Å². The smallest absolute Gasteiger partial charge is 0 e. The number of hydrogen-bond donors (Lipinski definition) is 0. The third kappa shape index (κ3) is 6.54. The monoisotopic (exact) mass is 197 g/mol. The van der Waals surface area contributed by atoms with E-state index in [1.54, 1.807) is 0 Å². The van der Waals surface area contributed by atoms with Crippen LogP contribution in [0.2, 0.25) is 0 Å². The Hall–Kier alpha value is 0.649. The van der Waals surface area contributed by atoms with E-state index >= 15 is 0 Å². The molecule has 9 heavy (non-hydrogen) atoms. The van der Waals surface area contributed by atoms with Crippen LogP contribution in [0.3, 0.4) is 0 Å². The van der Waals surface area contributed by atoms with Gasteiger partial charge < -0.3 is 0 Å². The fourth-order valence-corrected chi connectivity index (χ4v) is 0.478. The van der Waals surface area contributed by atoms with Crippen LogP contribution in [0.1, 0.15) is 13.8 Å². The molecule has 0 aliphatic heterocycles. The summed E-state index contributed by atoms with van der Waals surface area (Å²) in [4.78, 5) is 0. The number of rotatable bonds is 2. The Kier molecular flexibility index (Phi) is 9.27. The Bertz CT molecular complexity index is 103. The fraction of sp³-hybridized carbons (Fsp3) is 0.429. The van der Waals surface area contributed by atoms with E-state index in [1.165, 1.54) is 4.23 Å². The predicted molar refractivity (Wildman–Crippen MR) is 34.3 cm³/mol. The maximum Gasteiger partial charge on any atom is 0 e. The molecule has 0 bridgehead atoms. The zero-order valence-corrected chi connectivity index (χ0v) is 8.63. The molecule has 0 spiro atoms. The van der Waals surface area contributed by atoms with Gasteiger partial charge in [0, 0.05) is 18.6 Å². The molecule has 0 amide bonds. The minimum atomic E-state index is 0. The van der Waals surface area contributed by atoms with Crippen molar-refractivity contribution >= 4 is 4.23 Å². The van der Waals surface area contributed by atoms with Gasteiger partial charge in [0.15, 0.2) is 0 Å². The third-order valence-electron chi connectivity index (χ3n) is 0.880. The molecule has 0 aromatic rings. The maximum atomic E-state index is 3.60. The minimum Gasteiger partial charge on any atom is 0 e. The van der Waals surface area contributed by atoms with Crippen molar-refractivity contribution in [2.45, 2.75) is 13.8 Å². The SMILES string of the molecule is [CH2-]/C=C\[C](=[V])C(C)C.[V]. The summed E-state index contributed by atoms with van der Waals surface area (Å²) in [6, 6.07) is 0. The van der Waals surface area contributed by atoms with Crippen LogP contribution in [0.15, 0.2) is 12.2 Å². The first-order valence-corrected chi connectivity index (χ1v) is 3.40. The first kappa shape index (κ1) is 12.3. The summed E-state index contributed by atoms with van der Waals surface area (Å²) in [6.45, 7) is 7.92. The zero-order chi connectivity index (χ0) is 6.57. The van der Waals surface area contributed by atoms with Crippen LogP contribution in [0.25, 0.3) is 0 Å². The van der Waals surface area contributed by atoms with E-state index in [1.807, 2.05) is 12.2 Å². The van der Waals surface area contributed by atoms with Gasteiger partial charge in [-0.25, -0.2) is 0 Å². The molecular formula is C7H11V2-. The van der Waals surface area contributed by atoms with E-state index in [2.05, 4.69) is 37.8 Å². The van der Waals surface area contributed by atoms with Crippen LogP contribution in [0.5, 0.6) is 0 Å². The summed E-state index contributed by atoms with van der Waals surface area (Å²) in [5.41, 5.74) is 0. The Morgan fingerprint density at radius 2 is 2.00 bits per heavy atom. The van der Waals surface area contributed by atoms with E-state index in [9.17, 15) is 0 Å². The molecular weight excluding hydrogens is 186 g/mol. The molecule has 0 unspecified atom stereocenters. The standard InChI is InChI=1S/C7H11.2V/c1-4-5-6-7(2)3;;/h4-5,7H,1H2,2-3H3;;/q-1;;/b5-4-;;. The largest absolute Gasteiger partial charge is 0 e. The topological polar surface area (TPSA) is 0 Å².